The molecule has 1 heterocycles. The molecule has 0 aromatic heterocycles. The van der Waals surface area contributed by atoms with Crippen LogP contribution >= 0.6 is 0 Å². The molecule has 13 heavy (non-hydrogen) atoms. The zero-order valence-electron chi connectivity index (χ0n) is 8.52. The van der Waals surface area contributed by atoms with E-state index in [4.69, 9.17) is 0 Å². The molecule has 0 radical (unpaired) electrons. The van der Waals surface area contributed by atoms with E-state index < -0.39 is 0 Å². The molecule has 76 valence electrons. The van der Waals surface area contributed by atoms with Crippen LogP contribution in [-0.2, 0) is 0 Å². The maximum atomic E-state index is 3.61. The largest absolute Gasteiger partial charge is 0.315 e. The second-order valence-corrected chi connectivity index (χ2v) is 4.60. The van der Waals surface area contributed by atoms with E-state index in [0.29, 0.717) is 0 Å². The Labute approximate surface area is 81.5 Å². The maximum Gasteiger partial charge on any atom is 0.0192 e. The highest BCUT2D eigenvalue weighted by Crippen LogP contribution is 2.27. The van der Waals surface area contributed by atoms with Crippen molar-refractivity contribution in [1.29, 1.82) is 0 Å². The zero-order chi connectivity index (χ0) is 8.93. The van der Waals surface area contributed by atoms with Crippen molar-refractivity contribution in [2.45, 2.75) is 44.6 Å². The normalized spacial score (nSPS) is 30.0. The molecule has 1 atom stereocenters. The molecule has 0 aromatic carbocycles. The molecule has 2 nitrogen and oxygen atoms in total. The molecule has 0 amide bonds. The topological polar surface area (TPSA) is 24.1 Å². The summed E-state index contributed by atoms with van der Waals surface area (Å²) in [4.78, 5) is 0. The number of hydrogen-bond acceptors (Lipinski definition) is 2. The zero-order valence-corrected chi connectivity index (χ0v) is 8.52. The quantitative estimate of drug-likeness (QED) is 0.689. The van der Waals surface area contributed by atoms with Crippen LogP contribution in [0.15, 0.2) is 0 Å². The van der Waals surface area contributed by atoms with E-state index in [1.165, 1.54) is 58.2 Å². The third-order valence-corrected chi connectivity index (χ3v) is 3.18. The molecule has 1 saturated carbocycles. The highest BCUT2D eigenvalue weighted by Gasteiger charge is 2.20. The fourth-order valence-electron chi connectivity index (χ4n) is 2.06. The van der Waals surface area contributed by atoms with Crippen LogP contribution in [-0.4, -0.2) is 25.7 Å². The van der Waals surface area contributed by atoms with Gasteiger partial charge in [-0.1, -0.05) is 12.8 Å². The fourth-order valence-corrected chi connectivity index (χ4v) is 2.06. The highest BCUT2D eigenvalue weighted by molar-refractivity contribution is 4.78. The van der Waals surface area contributed by atoms with Gasteiger partial charge in [0, 0.05) is 12.6 Å². The molecule has 1 aliphatic carbocycles. The minimum Gasteiger partial charge on any atom is -0.315 e. The summed E-state index contributed by atoms with van der Waals surface area (Å²) in [6, 6.07) is 0.751. The molecule has 0 bridgehead atoms. The molecule has 1 unspecified atom stereocenters. The summed E-state index contributed by atoms with van der Waals surface area (Å²) >= 11 is 0. The van der Waals surface area contributed by atoms with Gasteiger partial charge in [-0.05, 0) is 44.7 Å². The van der Waals surface area contributed by atoms with Crippen molar-refractivity contribution in [3.63, 3.8) is 0 Å². The Morgan fingerprint density at radius 3 is 2.77 bits per heavy atom. The number of rotatable bonds is 4. The van der Waals surface area contributed by atoms with Crippen molar-refractivity contribution < 1.29 is 0 Å². The van der Waals surface area contributed by atoms with E-state index in [2.05, 4.69) is 10.6 Å². The Morgan fingerprint density at radius 2 is 1.92 bits per heavy atom. The summed E-state index contributed by atoms with van der Waals surface area (Å²) in [5.41, 5.74) is 0. The van der Waals surface area contributed by atoms with Gasteiger partial charge in [0.05, 0.1) is 0 Å². The molecule has 2 N–H and O–H groups in total. The van der Waals surface area contributed by atoms with Crippen LogP contribution in [0.5, 0.6) is 0 Å². The summed E-state index contributed by atoms with van der Waals surface area (Å²) in [6.07, 6.45) is 8.52. The standard InChI is InChI=1S/C11H22N2/c1-2-4-11(13-7-3-1)9-12-8-10-5-6-10/h10-13H,1-9H2. The van der Waals surface area contributed by atoms with E-state index in [9.17, 15) is 0 Å². The first-order chi connectivity index (χ1) is 6.45. The Morgan fingerprint density at radius 1 is 1.00 bits per heavy atom. The molecule has 1 aliphatic heterocycles. The molecular weight excluding hydrogens is 160 g/mol. The second kappa shape index (κ2) is 4.97. The number of nitrogens with one attached hydrogen (secondary N) is 2. The van der Waals surface area contributed by atoms with Crippen molar-refractivity contribution in [1.82, 2.24) is 10.6 Å². The molecule has 2 aliphatic rings. The van der Waals surface area contributed by atoms with Gasteiger partial charge < -0.3 is 10.6 Å². The van der Waals surface area contributed by atoms with Crippen molar-refractivity contribution in [2.75, 3.05) is 19.6 Å². The third kappa shape index (κ3) is 3.65. The summed E-state index contributed by atoms with van der Waals surface area (Å²) in [6.45, 7) is 3.68. The molecule has 2 rings (SSSR count). The maximum absolute atomic E-state index is 3.61. The van der Waals surface area contributed by atoms with Crippen molar-refractivity contribution >= 4 is 0 Å². The van der Waals surface area contributed by atoms with Gasteiger partial charge in [0.25, 0.3) is 0 Å². The van der Waals surface area contributed by atoms with Gasteiger partial charge in [-0.3, -0.25) is 0 Å². The van der Waals surface area contributed by atoms with Crippen molar-refractivity contribution in [3.8, 4) is 0 Å². The van der Waals surface area contributed by atoms with Gasteiger partial charge in [-0.25, -0.2) is 0 Å². The van der Waals surface area contributed by atoms with E-state index >= 15 is 0 Å². The Balaban J connectivity index is 1.55. The Hall–Kier alpha value is -0.0800. The first-order valence-electron chi connectivity index (χ1n) is 5.89. The average Bonchev–Trinajstić information content (AvgIpc) is 2.91. The minimum absolute atomic E-state index is 0.751. The minimum atomic E-state index is 0.751. The fraction of sp³-hybridized carbons (Fsp3) is 1.00. The monoisotopic (exact) mass is 182 g/mol. The smallest absolute Gasteiger partial charge is 0.0192 e. The van der Waals surface area contributed by atoms with E-state index in [-0.39, 0.29) is 0 Å². The van der Waals surface area contributed by atoms with Crippen LogP contribution in [0.4, 0.5) is 0 Å². The van der Waals surface area contributed by atoms with E-state index in [1.807, 2.05) is 0 Å². The van der Waals surface area contributed by atoms with Crippen LogP contribution in [0.1, 0.15) is 38.5 Å². The van der Waals surface area contributed by atoms with E-state index in [0.717, 1.165) is 12.0 Å². The predicted molar refractivity (Wildman–Crippen MR) is 55.9 cm³/mol. The lowest BCUT2D eigenvalue weighted by molar-refractivity contribution is 0.465. The van der Waals surface area contributed by atoms with Crippen molar-refractivity contribution in [2.24, 2.45) is 5.92 Å². The van der Waals surface area contributed by atoms with Crippen LogP contribution in [0.25, 0.3) is 0 Å². The van der Waals surface area contributed by atoms with Crippen LogP contribution in [0.3, 0.4) is 0 Å². The molecule has 0 aromatic rings. The average molecular weight is 182 g/mol. The summed E-state index contributed by atoms with van der Waals surface area (Å²) < 4.78 is 0. The summed E-state index contributed by atoms with van der Waals surface area (Å²) in [5.74, 6) is 1.02. The molecular formula is C11H22N2. The lowest BCUT2D eigenvalue weighted by atomic mass is 10.1. The molecule has 0 spiro atoms. The summed E-state index contributed by atoms with van der Waals surface area (Å²) in [5, 5.41) is 7.20. The van der Waals surface area contributed by atoms with E-state index in [1.54, 1.807) is 0 Å². The van der Waals surface area contributed by atoms with Gasteiger partial charge in [-0.2, -0.15) is 0 Å². The summed E-state index contributed by atoms with van der Waals surface area (Å²) in [7, 11) is 0. The van der Waals surface area contributed by atoms with Crippen LogP contribution < -0.4 is 10.6 Å². The van der Waals surface area contributed by atoms with Gasteiger partial charge in [0.15, 0.2) is 0 Å². The SMILES string of the molecule is C1CCNC(CNCC2CC2)CC1. The van der Waals surface area contributed by atoms with Crippen molar-refractivity contribution in [3.05, 3.63) is 0 Å². The second-order valence-electron chi connectivity index (χ2n) is 4.60. The van der Waals surface area contributed by atoms with Gasteiger partial charge in [0.1, 0.15) is 0 Å². The molecule has 2 heteroatoms. The third-order valence-electron chi connectivity index (χ3n) is 3.18. The Kier molecular flexibility index (Phi) is 3.62. The molecule has 1 saturated heterocycles. The number of hydrogen-bond donors (Lipinski definition) is 2. The lowest BCUT2D eigenvalue weighted by Crippen LogP contribution is -2.38. The van der Waals surface area contributed by atoms with Gasteiger partial charge in [0.2, 0.25) is 0 Å². The first kappa shape index (κ1) is 9.47. The predicted octanol–water partition coefficient (Wildman–Crippen LogP) is 1.52. The highest BCUT2D eigenvalue weighted by atomic mass is 15.0. The first-order valence-corrected chi connectivity index (χ1v) is 5.89. The Bertz CT molecular complexity index is 135. The van der Waals surface area contributed by atoms with Gasteiger partial charge >= 0.3 is 0 Å². The van der Waals surface area contributed by atoms with Gasteiger partial charge in [-0.15, -0.1) is 0 Å². The van der Waals surface area contributed by atoms with Crippen LogP contribution in [0, 0.1) is 5.92 Å². The van der Waals surface area contributed by atoms with Crippen LogP contribution in [0.2, 0.25) is 0 Å². The lowest BCUT2D eigenvalue weighted by Gasteiger charge is -2.16. The molecule has 2 fully saturated rings.